The van der Waals surface area contributed by atoms with Crippen LogP contribution < -0.4 is 5.01 Å². The van der Waals surface area contributed by atoms with Gasteiger partial charge in [-0.1, -0.05) is 56.3 Å². The van der Waals surface area contributed by atoms with Gasteiger partial charge in [-0.05, 0) is 30.5 Å². The molecule has 0 saturated heterocycles. The van der Waals surface area contributed by atoms with Crippen molar-refractivity contribution in [1.29, 1.82) is 0 Å². The lowest BCUT2D eigenvalue weighted by atomic mass is 9.83. The summed E-state index contributed by atoms with van der Waals surface area (Å²) < 4.78 is 0. The first-order chi connectivity index (χ1) is 13.8. The number of ketones is 1. The Morgan fingerprint density at radius 1 is 1.07 bits per heavy atom. The van der Waals surface area contributed by atoms with Gasteiger partial charge in [0, 0.05) is 17.7 Å². The first kappa shape index (κ1) is 20.5. The Labute approximate surface area is 169 Å². The number of hydrazone groups is 1. The van der Waals surface area contributed by atoms with Crippen molar-refractivity contribution >= 4 is 29.1 Å². The lowest BCUT2D eigenvalue weighted by molar-refractivity contribution is -0.144. The number of carboxylic acid groups (broad SMARTS) is 1. The maximum atomic E-state index is 12.9. The zero-order valence-electron chi connectivity index (χ0n) is 16.7. The number of para-hydroxylation sites is 1. The molecule has 0 bridgehead atoms. The Morgan fingerprint density at radius 3 is 2.24 bits per heavy atom. The molecule has 6 heteroatoms. The number of amides is 1. The maximum absolute atomic E-state index is 12.9. The zero-order chi connectivity index (χ0) is 21.1. The summed E-state index contributed by atoms with van der Waals surface area (Å²) in [6, 6.07) is 16.0. The summed E-state index contributed by atoms with van der Waals surface area (Å²) in [6.07, 6.45) is -0.262. The van der Waals surface area contributed by atoms with Crippen LogP contribution in [0.5, 0.6) is 0 Å². The van der Waals surface area contributed by atoms with Crippen molar-refractivity contribution in [2.45, 2.75) is 33.1 Å². The number of carbonyl (C=O) groups excluding carboxylic acids is 2. The Morgan fingerprint density at radius 2 is 1.69 bits per heavy atom. The Bertz CT molecular complexity index is 949. The van der Waals surface area contributed by atoms with E-state index < -0.39 is 23.7 Å². The van der Waals surface area contributed by atoms with Gasteiger partial charge in [-0.25, -0.2) is 5.01 Å². The third kappa shape index (κ3) is 4.26. The van der Waals surface area contributed by atoms with Crippen LogP contribution in [-0.4, -0.2) is 28.5 Å². The number of hydrogen-bond acceptors (Lipinski definition) is 4. The van der Waals surface area contributed by atoms with E-state index in [2.05, 4.69) is 18.9 Å². The smallest absolute Gasteiger partial charge is 0.308 e. The fraction of sp³-hybridized carbons (Fsp3) is 0.304. The number of hydrogen-bond donors (Lipinski definition) is 1. The molecule has 29 heavy (non-hydrogen) atoms. The summed E-state index contributed by atoms with van der Waals surface area (Å²) in [4.78, 5) is 37.6. The quantitative estimate of drug-likeness (QED) is 0.718. The predicted molar refractivity (Wildman–Crippen MR) is 111 cm³/mol. The number of benzene rings is 2. The average Bonchev–Trinajstić information content (AvgIpc) is 3.00. The Balaban J connectivity index is 1.81. The van der Waals surface area contributed by atoms with Crippen molar-refractivity contribution < 1.29 is 19.5 Å². The molecule has 1 aliphatic heterocycles. The second-order valence-corrected chi connectivity index (χ2v) is 7.55. The molecule has 2 aromatic rings. The van der Waals surface area contributed by atoms with Gasteiger partial charge in [0.15, 0.2) is 5.78 Å². The Kier molecular flexibility index (Phi) is 5.92. The van der Waals surface area contributed by atoms with Gasteiger partial charge in [-0.2, -0.15) is 5.10 Å². The molecule has 1 amide bonds. The molecule has 1 N–H and O–H groups in total. The van der Waals surface area contributed by atoms with Crippen LogP contribution in [-0.2, 0) is 9.59 Å². The van der Waals surface area contributed by atoms with Crippen molar-refractivity contribution in [1.82, 2.24) is 0 Å². The SMILES string of the molecule is CC1=NN(c2ccccc2)C(=O)C1C(CC(=O)c1ccc(C(C)C)cc1)C(=O)O. The second-order valence-electron chi connectivity index (χ2n) is 7.55. The molecule has 0 aliphatic carbocycles. The molecule has 1 heterocycles. The topological polar surface area (TPSA) is 87.0 Å². The van der Waals surface area contributed by atoms with Crippen molar-refractivity contribution in [3.8, 4) is 0 Å². The Hall–Kier alpha value is -3.28. The first-order valence-corrected chi connectivity index (χ1v) is 9.59. The van der Waals surface area contributed by atoms with E-state index in [1.54, 1.807) is 43.3 Å². The standard InChI is InChI=1S/C23H24N2O4/c1-14(2)16-9-11-17(12-10-16)20(26)13-19(23(28)29)21-15(3)24-25(22(21)27)18-7-5-4-6-8-18/h4-12,14,19,21H,13H2,1-3H3,(H,28,29). The average molecular weight is 392 g/mol. The van der Waals surface area contributed by atoms with Gasteiger partial charge in [0.05, 0.1) is 17.5 Å². The molecule has 2 atom stereocenters. The van der Waals surface area contributed by atoms with Crippen LogP contribution in [0.3, 0.4) is 0 Å². The molecule has 3 rings (SSSR count). The minimum atomic E-state index is -1.18. The molecular formula is C23H24N2O4. The van der Waals surface area contributed by atoms with Crippen LogP contribution in [0.15, 0.2) is 59.7 Å². The van der Waals surface area contributed by atoms with Gasteiger partial charge in [0.1, 0.15) is 0 Å². The minimum Gasteiger partial charge on any atom is -0.481 e. The molecule has 0 saturated carbocycles. The van der Waals surface area contributed by atoms with E-state index in [4.69, 9.17) is 0 Å². The fourth-order valence-corrected chi connectivity index (χ4v) is 3.52. The minimum absolute atomic E-state index is 0.262. The number of carboxylic acids is 1. The van der Waals surface area contributed by atoms with Gasteiger partial charge in [-0.3, -0.25) is 14.4 Å². The normalized spacial score (nSPS) is 17.4. The summed E-state index contributed by atoms with van der Waals surface area (Å²) in [6.45, 7) is 5.75. The number of aliphatic carboxylic acids is 1. The van der Waals surface area contributed by atoms with Crippen LogP contribution in [0.25, 0.3) is 0 Å². The number of rotatable bonds is 7. The molecule has 2 aromatic carbocycles. The molecule has 1 aliphatic rings. The van der Waals surface area contributed by atoms with E-state index in [1.165, 1.54) is 5.01 Å². The van der Waals surface area contributed by atoms with Crippen LogP contribution in [0, 0.1) is 11.8 Å². The first-order valence-electron chi connectivity index (χ1n) is 9.59. The van der Waals surface area contributed by atoms with Crippen LogP contribution in [0.2, 0.25) is 0 Å². The monoisotopic (exact) mass is 392 g/mol. The van der Waals surface area contributed by atoms with Gasteiger partial charge >= 0.3 is 5.97 Å². The zero-order valence-corrected chi connectivity index (χ0v) is 16.7. The van der Waals surface area contributed by atoms with E-state index in [1.807, 2.05) is 18.2 Å². The molecule has 0 radical (unpaired) electrons. The third-order valence-electron chi connectivity index (χ3n) is 5.21. The lowest BCUT2D eigenvalue weighted by Crippen LogP contribution is -2.37. The summed E-state index contributed by atoms with van der Waals surface area (Å²) in [5.41, 5.74) is 2.51. The summed E-state index contributed by atoms with van der Waals surface area (Å²) >= 11 is 0. The second kappa shape index (κ2) is 8.39. The highest BCUT2D eigenvalue weighted by atomic mass is 16.4. The number of anilines is 1. The molecule has 150 valence electrons. The van der Waals surface area contributed by atoms with Gasteiger partial charge in [0.25, 0.3) is 5.91 Å². The van der Waals surface area contributed by atoms with Crippen LogP contribution in [0.4, 0.5) is 5.69 Å². The highest BCUT2D eigenvalue weighted by Gasteiger charge is 2.44. The molecule has 0 spiro atoms. The van der Waals surface area contributed by atoms with Gasteiger partial charge in [-0.15, -0.1) is 0 Å². The van der Waals surface area contributed by atoms with Gasteiger partial charge < -0.3 is 5.11 Å². The van der Waals surface area contributed by atoms with Crippen LogP contribution >= 0.6 is 0 Å². The van der Waals surface area contributed by atoms with E-state index in [0.29, 0.717) is 22.9 Å². The summed E-state index contributed by atoms with van der Waals surface area (Å²) in [5.74, 6) is -3.70. The molecule has 6 nitrogen and oxygen atoms in total. The van der Waals surface area contributed by atoms with Crippen molar-refractivity contribution in [3.05, 3.63) is 65.7 Å². The van der Waals surface area contributed by atoms with Gasteiger partial charge in [0.2, 0.25) is 0 Å². The number of nitrogens with zero attached hydrogens (tertiary/aromatic N) is 2. The van der Waals surface area contributed by atoms with E-state index in [9.17, 15) is 19.5 Å². The summed E-state index contributed by atoms with van der Waals surface area (Å²) in [7, 11) is 0. The number of Topliss-reactive ketones (excluding diaryl/α,β-unsaturated/α-hetero) is 1. The predicted octanol–water partition coefficient (Wildman–Crippen LogP) is 4.12. The fourth-order valence-electron chi connectivity index (χ4n) is 3.52. The maximum Gasteiger partial charge on any atom is 0.308 e. The highest BCUT2D eigenvalue weighted by Crippen LogP contribution is 2.31. The summed E-state index contributed by atoms with van der Waals surface area (Å²) in [5, 5.41) is 15.2. The van der Waals surface area contributed by atoms with Crippen molar-refractivity contribution in [3.63, 3.8) is 0 Å². The lowest BCUT2D eigenvalue weighted by Gasteiger charge is -2.19. The highest BCUT2D eigenvalue weighted by molar-refractivity contribution is 6.17. The molecule has 0 aromatic heterocycles. The van der Waals surface area contributed by atoms with E-state index in [-0.39, 0.29) is 12.2 Å². The largest absolute Gasteiger partial charge is 0.481 e. The molecule has 2 unspecified atom stereocenters. The van der Waals surface area contributed by atoms with Crippen LogP contribution in [0.1, 0.15) is 49.0 Å². The number of carbonyl (C=O) groups is 3. The third-order valence-corrected chi connectivity index (χ3v) is 5.21. The van der Waals surface area contributed by atoms with Crippen molar-refractivity contribution in [2.75, 3.05) is 5.01 Å². The van der Waals surface area contributed by atoms with E-state index >= 15 is 0 Å². The van der Waals surface area contributed by atoms with Crippen molar-refractivity contribution in [2.24, 2.45) is 16.9 Å². The van der Waals surface area contributed by atoms with E-state index in [0.717, 1.165) is 5.56 Å². The molecular weight excluding hydrogens is 368 g/mol. The molecule has 0 fully saturated rings.